The summed E-state index contributed by atoms with van der Waals surface area (Å²) in [4.78, 5) is 15.6. The van der Waals surface area contributed by atoms with Crippen LogP contribution in [0.3, 0.4) is 0 Å². The van der Waals surface area contributed by atoms with E-state index < -0.39 is 0 Å². The van der Waals surface area contributed by atoms with Crippen molar-refractivity contribution in [3.05, 3.63) is 24.3 Å². The van der Waals surface area contributed by atoms with E-state index in [2.05, 4.69) is 48.0 Å². The number of hydrogen-bond acceptors (Lipinski definition) is 3. The zero-order valence-corrected chi connectivity index (χ0v) is 14.8. The molecule has 2 atom stereocenters. The molecule has 1 heterocycles. The Hall–Kier alpha value is -1.55. The average Bonchev–Trinajstić information content (AvgIpc) is 2.60. The summed E-state index contributed by atoms with van der Waals surface area (Å²) in [6, 6.07) is 8.85. The van der Waals surface area contributed by atoms with E-state index in [0.717, 1.165) is 50.2 Å². The average molecular weight is 317 g/mol. The van der Waals surface area contributed by atoms with Crippen LogP contribution < -0.4 is 10.2 Å². The maximum absolute atomic E-state index is 10.5. The molecule has 23 heavy (non-hydrogen) atoms. The van der Waals surface area contributed by atoms with Gasteiger partial charge in [-0.25, -0.2) is 0 Å². The maximum Gasteiger partial charge on any atom is 0.211 e. The van der Waals surface area contributed by atoms with Crippen LogP contribution in [0, 0.1) is 5.92 Å². The topological polar surface area (TPSA) is 35.6 Å². The van der Waals surface area contributed by atoms with Crippen LogP contribution in [-0.2, 0) is 4.79 Å². The van der Waals surface area contributed by atoms with Gasteiger partial charge in [-0.1, -0.05) is 27.2 Å². The SMILES string of the molecule is CCC(C)CC(CC)N1CCN(c2ccc(NC=O)cc2)CC1. The lowest BCUT2D eigenvalue weighted by atomic mass is 9.96. The van der Waals surface area contributed by atoms with E-state index in [1.807, 2.05) is 12.1 Å². The van der Waals surface area contributed by atoms with E-state index in [9.17, 15) is 4.79 Å². The lowest BCUT2D eigenvalue weighted by molar-refractivity contribution is -0.105. The van der Waals surface area contributed by atoms with E-state index in [0.29, 0.717) is 0 Å². The summed E-state index contributed by atoms with van der Waals surface area (Å²) >= 11 is 0. The highest BCUT2D eigenvalue weighted by Gasteiger charge is 2.23. The van der Waals surface area contributed by atoms with Gasteiger partial charge in [0.15, 0.2) is 0 Å². The molecule has 1 saturated heterocycles. The van der Waals surface area contributed by atoms with Gasteiger partial charge in [0.25, 0.3) is 0 Å². The first kappa shape index (κ1) is 17.8. The molecule has 1 N–H and O–H groups in total. The number of hydrogen-bond donors (Lipinski definition) is 1. The van der Waals surface area contributed by atoms with Crippen molar-refractivity contribution < 1.29 is 4.79 Å². The molecule has 0 aromatic heterocycles. The van der Waals surface area contributed by atoms with E-state index in [4.69, 9.17) is 0 Å². The molecule has 1 fully saturated rings. The van der Waals surface area contributed by atoms with Gasteiger partial charge in [0.05, 0.1) is 0 Å². The minimum absolute atomic E-state index is 0.718. The Morgan fingerprint density at radius 3 is 2.26 bits per heavy atom. The van der Waals surface area contributed by atoms with Crippen LogP contribution in [0.15, 0.2) is 24.3 Å². The molecular formula is C19H31N3O. The Balaban J connectivity index is 1.88. The van der Waals surface area contributed by atoms with Gasteiger partial charge in [0.1, 0.15) is 0 Å². The monoisotopic (exact) mass is 317 g/mol. The third kappa shape index (κ3) is 4.96. The van der Waals surface area contributed by atoms with Crippen molar-refractivity contribution >= 4 is 17.8 Å². The van der Waals surface area contributed by atoms with Crippen molar-refractivity contribution in [3.8, 4) is 0 Å². The number of rotatable bonds is 8. The van der Waals surface area contributed by atoms with Crippen LogP contribution in [0.2, 0.25) is 0 Å². The molecule has 1 aliphatic rings. The van der Waals surface area contributed by atoms with Gasteiger partial charge in [-0.2, -0.15) is 0 Å². The number of carbonyl (C=O) groups is 1. The van der Waals surface area contributed by atoms with Crippen molar-refractivity contribution in [2.45, 2.75) is 46.1 Å². The highest BCUT2D eigenvalue weighted by atomic mass is 16.1. The smallest absolute Gasteiger partial charge is 0.211 e. The largest absolute Gasteiger partial charge is 0.369 e. The lowest BCUT2D eigenvalue weighted by Crippen LogP contribution is -2.50. The molecule has 4 nitrogen and oxygen atoms in total. The molecule has 4 heteroatoms. The number of nitrogens with zero attached hydrogens (tertiary/aromatic N) is 2. The molecule has 2 rings (SSSR count). The summed E-state index contributed by atoms with van der Waals surface area (Å²) in [6.07, 6.45) is 4.56. The highest BCUT2D eigenvalue weighted by molar-refractivity contribution is 5.72. The van der Waals surface area contributed by atoms with Crippen LogP contribution in [0.4, 0.5) is 11.4 Å². The number of benzene rings is 1. The highest BCUT2D eigenvalue weighted by Crippen LogP contribution is 2.22. The van der Waals surface area contributed by atoms with Crippen LogP contribution >= 0.6 is 0 Å². The summed E-state index contributed by atoms with van der Waals surface area (Å²) < 4.78 is 0. The number of nitrogens with one attached hydrogen (secondary N) is 1. The third-order valence-electron chi connectivity index (χ3n) is 5.13. The van der Waals surface area contributed by atoms with Crippen LogP contribution in [0.5, 0.6) is 0 Å². The first-order chi connectivity index (χ1) is 11.2. The summed E-state index contributed by atoms with van der Waals surface area (Å²) in [6.45, 7) is 11.4. The van der Waals surface area contributed by atoms with Gasteiger partial charge in [-0.15, -0.1) is 0 Å². The predicted molar refractivity (Wildman–Crippen MR) is 98.1 cm³/mol. The van der Waals surface area contributed by atoms with E-state index in [1.54, 1.807) is 0 Å². The second-order valence-electron chi connectivity index (χ2n) is 6.64. The van der Waals surface area contributed by atoms with E-state index in [1.165, 1.54) is 24.9 Å². The first-order valence-electron chi connectivity index (χ1n) is 8.97. The Labute approximate surface area is 140 Å². The second kappa shape index (κ2) is 8.92. The Morgan fingerprint density at radius 2 is 1.74 bits per heavy atom. The fourth-order valence-electron chi connectivity index (χ4n) is 3.39. The normalized spacial score (nSPS) is 18.5. The fraction of sp³-hybridized carbons (Fsp3) is 0.632. The molecular weight excluding hydrogens is 286 g/mol. The maximum atomic E-state index is 10.5. The van der Waals surface area contributed by atoms with E-state index >= 15 is 0 Å². The van der Waals surface area contributed by atoms with E-state index in [-0.39, 0.29) is 0 Å². The molecule has 1 aliphatic heterocycles. The summed E-state index contributed by atoms with van der Waals surface area (Å²) in [7, 11) is 0. The van der Waals surface area contributed by atoms with Gasteiger partial charge in [0, 0.05) is 43.6 Å². The minimum Gasteiger partial charge on any atom is -0.369 e. The number of amides is 1. The first-order valence-corrected chi connectivity index (χ1v) is 8.97. The molecule has 2 unspecified atom stereocenters. The van der Waals surface area contributed by atoms with Gasteiger partial charge in [-0.05, 0) is 43.0 Å². The van der Waals surface area contributed by atoms with Crippen molar-refractivity contribution in [1.29, 1.82) is 0 Å². The van der Waals surface area contributed by atoms with Crippen LogP contribution in [-0.4, -0.2) is 43.5 Å². The second-order valence-corrected chi connectivity index (χ2v) is 6.64. The number of piperazine rings is 1. The van der Waals surface area contributed by atoms with Gasteiger partial charge < -0.3 is 10.2 Å². The molecule has 1 amide bonds. The molecule has 0 aliphatic carbocycles. The van der Waals surface area contributed by atoms with Crippen molar-refractivity contribution in [3.63, 3.8) is 0 Å². The fourth-order valence-corrected chi connectivity index (χ4v) is 3.39. The lowest BCUT2D eigenvalue weighted by Gasteiger charge is -2.40. The summed E-state index contributed by atoms with van der Waals surface area (Å²) in [5.41, 5.74) is 2.10. The van der Waals surface area contributed by atoms with Crippen molar-refractivity contribution in [2.75, 3.05) is 36.4 Å². The standard InChI is InChI=1S/C19H31N3O/c1-4-16(3)14-18(5-2)21-10-12-22(13-11-21)19-8-6-17(7-9-19)20-15-23/h6-9,15-16,18H,4-5,10-14H2,1-3H3,(H,20,23). The molecule has 0 radical (unpaired) electrons. The predicted octanol–water partition coefficient (Wildman–Crippen LogP) is 3.59. The Morgan fingerprint density at radius 1 is 1.09 bits per heavy atom. The molecule has 0 bridgehead atoms. The zero-order valence-electron chi connectivity index (χ0n) is 14.8. The molecule has 0 spiro atoms. The number of anilines is 2. The zero-order chi connectivity index (χ0) is 16.7. The van der Waals surface area contributed by atoms with Gasteiger partial charge in [-0.3, -0.25) is 9.69 Å². The Bertz CT molecular complexity index is 466. The quantitative estimate of drug-likeness (QED) is 0.744. The summed E-state index contributed by atoms with van der Waals surface area (Å²) in [5, 5.41) is 2.68. The molecule has 0 saturated carbocycles. The molecule has 1 aromatic carbocycles. The van der Waals surface area contributed by atoms with Crippen LogP contribution in [0.1, 0.15) is 40.0 Å². The molecule has 128 valence electrons. The van der Waals surface area contributed by atoms with Gasteiger partial charge in [0.2, 0.25) is 6.41 Å². The summed E-state index contributed by atoms with van der Waals surface area (Å²) in [5.74, 6) is 0.816. The Kier molecular flexibility index (Phi) is 6.90. The minimum atomic E-state index is 0.718. The van der Waals surface area contributed by atoms with Gasteiger partial charge >= 0.3 is 0 Å². The van der Waals surface area contributed by atoms with Crippen molar-refractivity contribution in [2.24, 2.45) is 5.92 Å². The third-order valence-corrected chi connectivity index (χ3v) is 5.13. The van der Waals surface area contributed by atoms with Crippen LogP contribution in [0.25, 0.3) is 0 Å². The number of carbonyl (C=O) groups excluding carboxylic acids is 1. The molecule has 1 aromatic rings. The van der Waals surface area contributed by atoms with Crippen molar-refractivity contribution in [1.82, 2.24) is 4.90 Å².